The van der Waals surface area contributed by atoms with Gasteiger partial charge in [-0.25, -0.2) is 5.84 Å². The van der Waals surface area contributed by atoms with Gasteiger partial charge in [0, 0.05) is 24.9 Å². The highest BCUT2D eigenvalue weighted by Crippen LogP contribution is 2.10. The van der Waals surface area contributed by atoms with E-state index in [4.69, 9.17) is 16.7 Å². The number of hydrogen-bond acceptors (Lipinski definition) is 5. The van der Waals surface area contributed by atoms with Gasteiger partial charge in [-0.1, -0.05) is 12.1 Å². The van der Waals surface area contributed by atoms with E-state index in [-0.39, 0.29) is 12.2 Å². The third-order valence-electron chi connectivity index (χ3n) is 2.78. The molecule has 0 saturated carbocycles. The Hall–Kier alpha value is -2.21. The molecule has 0 fully saturated rings. The van der Waals surface area contributed by atoms with Gasteiger partial charge in [-0.3, -0.25) is 4.79 Å². The Morgan fingerprint density at radius 2 is 1.90 bits per heavy atom. The number of phenols is 1. The number of allylic oxidation sites excluding steroid dienone is 1. The first-order valence-corrected chi connectivity index (χ1v) is 6.44. The van der Waals surface area contributed by atoms with E-state index in [1.807, 2.05) is 12.1 Å². The summed E-state index contributed by atoms with van der Waals surface area (Å²) in [4.78, 5) is 10.4. The quantitative estimate of drug-likeness (QED) is 0.419. The maximum atomic E-state index is 10.4. The van der Waals surface area contributed by atoms with Gasteiger partial charge in [-0.2, -0.15) is 0 Å². The van der Waals surface area contributed by atoms with Crippen LogP contribution in [0.3, 0.4) is 0 Å². The predicted molar refractivity (Wildman–Crippen MR) is 76.5 cm³/mol. The molecule has 0 bridgehead atoms. The number of carboxylic acids is 1. The molecule has 110 valence electrons. The molecule has 6 nitrogen and oxygen atoms in total. The fourth-order valence-electron chi connectivity index (χ4n) is 1.71. The van der Waals surface area contributed by atoms with Crippen LogP contribution in [0, 0.1) is 0 Å². The smallest absolute Gasteiger partial charge is 0.303 e. The van der Waals surface area contributed by atoms with Crippen LogP contribution in [-0.2, 0) is 11.2 Å². The minimum atomic E-state index is -0.824. The van der Waals surface area contributed by atoms with Crippen LogP contribution < -0.4 is 11.6 Å². The van der Waals surface area contributed by atoms with Crippen LogP contribution in [0.15, 0.2) is 36.2 Å². The summed E-state index contributed by atoms with van der Waals surface area (Å²) in [6.45, 7) is 0.588. The summed E-state index contributed by atoms with van der Waals surface area (Å²) >= 11 is 0. The van der Waals surface area contributed by atoms with Crippen LogP contribution in [0.4, 0.5) is 0 Å². The van der Waals surface area contributed by atoms with E-state index >= 15 is 0 Å². The normalized spacial score (nSPS) is 11.3. The number of aromatic hydroxyl groups is 1. The summed E-state index contributed by atoms with van der Waals surface area (Å²) in [6.07, 6.45) is 3.48. The molecule has 6 heteroatoms. The van der Waals surface area contributed by atoms with Gasteiger partial charge in [-0.05, 0) is 37.0 Å². The molecule has 0 aliphatic carbocycles. The van der Waals surface area contributed by atoms with Crippen molar-refractivity contribution in [1.29, 1.82) is 0 Å². The molecule has 0 spiro atoms. The molecule has 6 N–H and O–H groups in total. The molecule has 1 aromatic carbocycles. The predicted octanol–water partition coefficient (Wildman–Crippen LogP) is 1.17. The standard InChI is InChI=1S/C14H21N3O3/c15-12(2-1-3-14(19)20)10-17(16)9-8-11-4-6-13(18)7-5-11/h4-7,10,18H,1-3,8-9,15-16H2,(H,19,20)/b12-10-. The van der Waals surface area contributed by atoms with Gasteiger partial charge in [0.25, 0.3) is 0 Å². The van der Waals surface area contributed by atoms with Gasteiger partial charge >= 0.3 is 5.97 Å². The van der Waals surface area contributed by atoms with Crippen molar-refractivity contribution in [3.63, 3.8) is 0 Å². The van der Waals surface area contributed by atoms with Crippen LogP contribution in [0.2, 0.25) is 0 Å². The zero-order valence-corrected chi connectivity index (χ0v) is 11.3. The SMILES string of the molecule is N/C(=C\N(N)CCc1ccc(O)cc1)CCCC(=O)O. The molecule has 20 heavy (non-hydrogen) atoms. The Bertz CT molecular complexity index is 457. The Kier molecular flexibility index (Phi) is 6.39. The van der Waals surface area contributed by atoms with Crippen molar-refractivity contribution in [3.8, 4) is 5.75 Å². The van der Waals surface area contributed by atoms with E-state index < -0.39 is 5.97 Å². The lowest BCUT2D eigenvalue weighted by Crippen LogP contribution is -2.28. The van der Waals surface area contributed by atoms with Crippen LogP contribution in [-0.4, -0.2) is 27.7 Å². The summed E-state index contributed by atoms with van der Waals surface area (Å²) in [5.74, 6) is 5.21. The molecule has 1 aromatic rings. The second-order valence-corrected chi connectivity index (χ2v) is 4.61. The van der Waals surface area contributed by atoms with Crippen LogP contribution in [0.1, 0.15) is 24.8 Å². The molecule has 0 radical (unpaired) electrons. The molecule has 0 atom stereocenters. The average Bonchev–Trinajstić information content (AvgIpc) is 2.37. The number of carboxylic acid groups (broad SMARTS) is 1. The number of hydrogen-bond donors (Lipinski definition) is 4. The fraction of sp³-hybridized carbons (Fsp3) is 0.357. The van der Waals surface area contributed by atoms with Crippen LogP contribution in [0.5, 0.6) is 5.75 Å². The topological polar surface area (TPSA) is 113 Å². The van der Waals surface area contributed by atoms with Crippen molar-refractivity contribution in [3.05, 3.63) is 41.7 Å². The molecule has 0 saturated heterocycles. The Labute approximate surface area is 118 Å². The van der Waals surface area contributed by atoms with E-state index in [0.29, 0.717) is 25.1 Å². The molecule has 0 aliphatic heterocycles. The zero-order chi connectivity index (χ0) is 15.0. The summed E-state index contributed by atoms with van der Waals surface area (Å²) in [6, 6.07) is 6.94. The number of nitrogens with two attached hydrogens (primary N) is 2. The third-order valence-corrected chi connectivity index (χ3v) is 2.78. The van der Waals surface area contributed by atoms with Crippen molar-refractivity contribution in [2.24, 2.45) is 11.6 Å². The van der Waals surface area contributed by atoms with Gasteiger partial charge in [0.15, 0.2) is 0 Å². The maximum Gasteiger partial charge on any atom is 0.303 e. The van der Waals surface area contributed by atoms with Gasteiger partial charge < -0.3 is 21.0 Å². The summed E-state index contributed by atoms with van der Waals surface area (Å²) in [7, 11) is 0. The van der Waals surface area contributed by atoms with Gasteiger partial charge in [0.1, 0.15) is 5.75 Å². The molecule has 0 unspecified atom stereocenters. The Morgan fingerprint density at radius 1 is 1.25 bits per heavy atom. The number of rotatable bonds is 8. The van der Waals surface area contributed by atoms with E-state index in [0.717, 1.165) is 12.0 Å². The van der Waals surface area contributed by atoms with E-state index in [1.165, 1.54) is 5.01 Å². The lowest BCUT2D eigenvalue weighted by atomic mass is 10.1. The first kappa shape index (κ1) is 15.8. The summed E-state index contributed by atoms with van der Waals surface area (Å²) in [5.41, 5.74) is 7.40. The molecular weight excluding hydrogens is 258 g/mol. The second-order valence-electron chi connectivity index (χ2n) is 4.61. The van der Waals surface area contributed by atoms with Crippen molar-refractivity contribution in [2.45, 2.75) is 25.7 Å². The number of aliphatic carboxylic acids is 1. The third kappa shape index (κ3) is 6.65. The van der Waals surface area contributed by atoms with Gasteiger partial charge in [0.05, 0.1) is 0 Å². The summed E-state index contributed by atoms with van der Waals surface area (Å²) in [5, 5.41) is 19.2. The highest BCUT2D eigenvalue weighted by Gasteiger charge is 2.01. The number of nitrogens with zero attached hydrogens (tertiary/aromatic N) is 1. The summed E-state index contributed by atoms with van der Waals surface area (Å²) < 4.78 is 0. The molecular formula is C14H21N3O3. The maximum absolute atomic E-state index is 10.4. The van der Waals surface area contributed by atoms with Crippen LogP contribution >= 0.6 is 0 Å². The first-order chi connectivity index (χ1) is 9.47. The number of phenolic OH excluding ortho intramolecular Hbond substituents is 1. The minimum absolute atomic E-state index is 0.104. The average molecular weight is 279 g/mol. The monoisotopic (exact) mass is 279 g/mol. The lowest BCUT2D eigenvalue weighted by Gasteiger charge is -2.15. The highest BCUT2D eigenvalue weighted by atomic mass is 16.4. The van der Waals surface area contributed by atoms with Crippen molar-refractivity contribution in [2.75, 3.05) is 6.54 Å². The Balaban J connectivity index is 2.32. The van der Waals surface area contributed by atoms with E-state index in [1.54, 1.807) is 18.3 Å². The largest absolute Gasteiger partial charge is 0.508 e. The van der Waals surface area contributed by atoms with E-state index in [2.05, 4.69) is 0 Å². The fourth-order valence-corrected chi connectivity index (χ4v) is 1.71. The van der Waals surface area contributed by atoms with Crippen molar-refractivity contribution in [1.82, 2.24) is 5.01 Å². The number of hydrazine groups is 1. The zero-order valence-electron chi connectivity index (χ0n) is 11.3. The van der Waals surface area contributed by atoms with Crippen molar-refractivity contribution >= 4 is 5.97 Å². The highest BCUT2D eigenvalue weighted by molar-refractivity contribution is 5.66. The first-order valence-electron chi connectivity index (χ1n) is 6.44. The molecule has 0 amide bonds. The number of benzene rings is 1. The molecule has 1 rings (SSSR count). The van der Waals surface area contributed by atoms with Gasteiger partial charge in [-0.15, -0.1) is 0 Å². The number of carbonyl (C=O) groups is 1. The van der Waals surface area contributed by atoms with Crippen molar-refractivity contribution < 1.29 is 15.0 Å². The Morgan fingerprint density at radius 3 is 2.50 bits per heavy atom. The minimum Gasteiger partial charge on any atom is -0.508 e. The second kappa shape index (κ2) is 8.06. The molecule has 0 aromatic heterocycles. The van der Waals surface area contributed by atoms with Crippen LogP contribution in [0.25, 0.3) is 0 Å². The van der Waals surface area contributed by atoms with Gasteiger partial charge in [0.2, 0.25) is 0 Å². The molecule has 0 heterocycles. The van der Waals surface area contributed by atoms with E-state index in [9.17, 15) is 9.90 Å². The lowest BCUT2D eigenvalue weighted by molar-refractivity contribution is -0.137. The molecule has 0 aliphatic rings.